The van der Waals surface area contributed by atoms with Gasteiger partial charge in [0.15, 0.2) is 0 Å². The first-order chi connectivity index (χ1) is 7.75. The Bertz CT molecular complexity index is 372. The van der Waals surface area contributed by atoms with Gasteiger partial charge in [0.25, 0.3) is 0 Å². The van der Waals surface area contributed by atoms with Crippen LogP contribution < -0.4 is 10.1 Å². The zero-order chi connectivity index (χ0) is 11.4. The maximum Gasteiger partial charge on any atom is 0.308 e. The van der Waals surface area contributed by atoms with Gasteiger partial charge in [0, 0.05) is 13.5 Å². The summed E-state index contributed by atoms with van der Waals surface area (Å²) in [6.45, 7) is 3.65. The maximum atomic E-state index is 10.8. The predicted molar refractivity (Wildman–Crippen MR) is 59.3 cm³/mol. The van der Waals surface area contributed by atoms with Crippen molar-refractivity contribution in [3.05, 3.63) is 29.8 Å². The third-order valence-electron chi connectivity index (χ3n) is 2.44. The van der Waals surface area contributed by atoms with E-state index in [1.807, 2.05) is 18.2 Å². The van der Waals surface area contributed by atoms with Crippen molar-refractivity contribution in [2.75, 3.05) is 19.8 Å². The quantitative estimate of drug-likeness (QED) is 0.603. The molecular formula is C12H15NO3. The molecule has 86 valence electrons. The lowest BCUT2D eigenvalue weighted by Crippen LogP contribution is -2.34. The summed E-state index contributed by atoms with van der Waals surface area (Å²) in [5.41, 5.74) is 1.08. The second kappa shape index (κ2) is 5.09. The Hall–Kier alpha value is -1.39. The molecule has 2 rings (SSSR count). The summed E-state index contributed by atoms with van der Waals surface area (Å²) in [6, 6.07) is 7.70. The molecule has 0 unspecified atom stereocenters. The van der Waals surface area contributed by atoms with Crippen molar-refractivity contribution in [2.45, 2.75) is 13.0 Å². The lowest BCUT2D eigenvalue weighted by atomic mass is 10.1. The van der Waals surface area contributed by atoms with Crippen LogP contribution in [-0.4, -0.2) is 25.7 Å². The van der Waals surface area contributed by atoms with E-state index in [2.05, 4.69) is 5.32 Å². The molecule has 4 heteroatoms. The smallest absolute Gasteiger partial charge is 0.308 e. The standard InChI is InChI=1S/C12H15NO3/c1-9(14)16-11-4-2-3-10(7-11)12-8-15-6-5-13-12/h2-4,7,12-13H,5-6,8H2,1H3/t12-/m0/s1. The molecule has 0 spiro atoms. The fourth-order valence-corrected chi connectivity index (χ4v) is 1.74. The fraction of sp³-hybridized carbons (Fsp3) is 0.417. The van der Waals surface area contributed by atoms with Gasteiger partial charge in [-0.25, -0.2) is 0 Å². The minimum absolute atomic E-state index is 0.184. The maximum absolute atomic E-state index is 10.8. The Kier molecular flexibility index (Phi) is 3.54. The molecule has 0 amide bonds. The van der Waals surface area contributed by atoms with Gasteiger partial charge < -0.3 is 14.8 Å². The first kappa shape index (κ1) is 11.1. The van der Waals surface area contributed by atoms with Crippen LogP contribution in [0.3, 0.4) is 0 Å². The first-order valence-electron chi connectivity index (χ1n) is 5.35. The summed E-state index contributed by atoms with van der Waals surface area (Å²) in [6.07, 6.45) is 0. The lowest BCUT2D eigenvalue weighted by molar-refractivity contribution is -0.131. The monoisotopic (exact) mass is 221 g/mol. The van der Waals surface area contributed by atoms with Crippen molar-refractivity contribution in [2.24, 2.45) is 0 Å². The molecule has 1 saturated heterocycles. The Morgan fingerprint density at radius 1 is 1.56 bits per heavy atom. The second-order valence-corrected chi connectivity index (χ2v) is 3.75. The van der Waals surface area contributed by atoms with Crippen molar-refractivity contribution in [3.63, 3.8) is 0 Å². The molecule has 0 aromatic heterocycles. The topological polar surface area (TPSA) is 47.6 Å². The molecule has 0 aliphatic carbocycles. The van der Waals surface area contributed by atoms with E-state index in [0.29, 0.717) is 12.4 Å². The van der Waals surface area contributed by atoms with Crippen LogP contribution in [-0.2, 0) is 9.53 Å². The highest BCUT2D eigenvalue weighted by Crippen LogP contribution is 2.21. The van der Waals surface area contributed by atoms with Gasteiger partial charge in [-0.2, -0.15) is 0 Å². The van der Waals surface area contributed by atoms with Crippen LogP contribution in [0.1, 0.15) is 18.5 Å². The van der Waals surface area contributed by atoms with Crippen LogP contribution in [0.25, 0.3) is 0 Å². The van der Waals surface area contributed by atoms with E-state index in [1.54, 1.807) is 6.07 Å². The molecule has 1 aliphatic rings. The molecule has 0 radical (unpaired) electrons. The number of carbonyl (C=O) groups is 1. The first-order valence-corrected chi connectivity index (χ1v) is 5.35. The van der Waals surface area contributed by atoms with Crippen molar-refractivity contribution >= 4 is 5.97 Å². The molecule has 1 fully saturated rings. The van der Waals surface area contributed by atoms with E-state index < -0.39 is 0 Å². The fourth-order valence-electron chi connectivity index (χ4n) is 1.74. The second-order valence-electron chi connectivity index (χ2n) is 3.75. The van der Waals surface area contributed by atoms with Gasteiger partial charge in [-0.15, -0.1) is 0 Å². The molecule has 1 aliphatic heterocycles. The van der Waals surface area contributed by atoms with Gasteiger partial charge in [-0.05, 0) is 17.7 Å². The molecule has 1 atom stereocenters. The number of hydrogen-bond donors (Lipinski definition) is 1. The third kappa shape index (κ3) is 2.81. The average molecular weight is 221 g/mol. The number of hydrogen-bond acceptors (Lipinski definition) is 4. The highest BCUT2D eigenvalue weighted by atomic mass is 16.5. The minimum atomic E-state index is -0.301. The predicted octanol–water partition coefficient (Wildman–Crippen LogP) is 1.27. The molecule has 0 bridgehead atoms. The van der Waals surface area contributed by atoms with Gasteiger partial charge in [0.05, 0.1) is 19.3 Å². The molecule has 1 aromatic carbocycles. The van der Waals surface area contributed by atoms with E-state index in [0.717, 1.165) is 18.7 Å². The number of benzene rings is 1. The van der Waals surface area contributed by atoms with E-state index in [9.17, 15) is 4.79 Å². The number of rotatable bonds is 2. The zero-order valence-corrected chi connectivity index (χ0v) is 9.23. The van der Waals surface area contributed by atoms with E-state index >= 15 is 0 Å². The SMILES string of the molecule is CC(=O)Oc1cccc([C@@H]2COCCN2)c1. The minimum Gasteiger partial charge on any atom is -0.427 e. The summed E-state index contributed by atoms with van der Waals surface area (Å²) in [4.78, 5) is 10.8. The number of nitrogens with one attached hydrogen (secondary N) is 1. The van der Waals surface area contributed by atoms with Crippen LogP contribution in [0.5, 0.6) is 5.75 Å². The van der Waals surface area contributed by atoms with Crippen molar-refractivity contribution < 1.29 is 14.3 Å². The summed E-state index contributed by atoms with van der Waals surface area (Å²) in [5, 5.41) is 3.35. The Morgan fingerprint density at radius 3 is 3.12 bits per heavy atom. The molecular weight excluding hydrogens is 206 g/mol. The van der Waals surface area contributed by atoms with Crippen LogP contribution >= 0.6 is 0 Å². The van der Waals surface area contributed by atoms with Gasteiger partial charge in [-0.3, -0.25) is 4.79 Å². The highest BCUT2D eigenvalue weighted by molar-refractivity contribution is 5.69. The summed E-state index contributed by atoms with van der Waals surface area (Å²) in [7, 11) is 0. The van der Waals surface area contributed by atoms with Crippen LogP contribution in [0, 0.1) is 0 Å². The van der Waals surface area contributed by atoms with E-state index in [1.165, 1.54) is 6.92 Å². The Morgan fingerprint density at radius 2 is 2.44 bits per heavy atom. The summed E-state index contributed by atoms with van der Waals surface area (Å²) < 4.78 is 10.4. The number of carbonyl (C=O) groups excluding carboxylic acids is 1. The molecule has 1 N–H and O–H groups in total. The van der Waals surface area contributed by atoms with Crippen LogP contribution in [0.2, 0.25) is 0 Å². The van der Waals surface area contributed by atoms with E-state index in [4.69, 9.17) is 9.47 Å². The Balaban J connectivity index is 2.11. The summed E-state index contributed by atoms with van der Waals surface area (Å²) in [5.74, 6) is 0.280. The number of ether oxygens (including phenoxy) is 2. The van der Waals surface area contributed by atoms with Crippen molar-refractivity contribution in [3.8, 4) is 5.75 Å². The number of morpholine rings is 1. The van der Waals surface area contributed by atoms with E-state index in [-0.39, 0.29) is 12.0 Å². The zero-order valence-electron chi connectivity index (χ0n) is 9.23. The largest absolute Gasteiger partial charge is 0.427 e. The Labute approximate surface area is 94.6 Å². The summed E-state index contributed by atoms with van der Waals surface area (Å²) >= 11 is 0. The molecule has 1 heterocycles. The van der Waals surface area contributed by atoms with Gasteiger partial charge in [-0.1, -0.05) is 12.1 Å². The molecule has 0 saturated carbocycles. The normalized spacial score (nSPS) is 20.4. The van der Waals surface area contributed by atoms with Gasteiger partial charge in [0.2, 0.25) is 0 Å². The van der Waals surface area contributed by atoms with Crippen molar-refractivity contribution in [1.29, 1.82) is 0 Å². The van der Waals surface area contributed by atoms with Crippen molar-refractivity contribution in [1.82, 2.24) is 5.32 Å². The van der Waals surface area contributed by atoms with Gasteiger partial charge in [0.1, 0.15) is 5.75 Å². The van der Waals surface area contributed by atoms with Crippen LogP contribution in [0.4, 0.5) is 0 Å². The number of esters is 1. The highest BCUT2D eigenvalue weighted by Gasteiger charge is 2.15. The molecule has 4 nitrogen and oxygen atoms in total. The molecule has 16 heavy (non-hydrogen) atoms. The molecule has 1 aromatic rings. The average Bonchev–Trinajstić information content (AvgIpc) is 2.30. The lowest BCUT2D eigenvalue weighted by Gasteiger charge is -2.24. The third-order valence-corrected chi connectivity index (χ3v) is 2.44. The van der Waals surface area contributed by atoms with Gasteiger partial charge >= 0.3 is 5.97 Å². The van der Waals surface area contributed by atoms with Crippen LogP contribution in [0.15, 0.2) is 24.3 Å².